The average molecular weight is 285 g/mol. The molecule has 0 atom stereocenters. The van der Waals surface area contributed by atoms with E-state index in [1.165, 1.54) is 4.90 Å². The maximum atomic E-state index is 11.9. The summed E-state index contributed by atoms with van der Waals surface area (Å²) in [6, 6.07) is 17.6. The minimum atomic E-state index is -1.01. The Morgan fingerprint density at radius 3 is 2.05 bits per heavy atom. The largest absolute Gasteiger partial charge is 0.480 e. The third-order valence-electron chi connectivity index (χ3n) is 2.74. The highest BCUT2D eigenvalue weighted by atomic mass is 16.5. The summed E-state index contributed by atoms with van der Waals surface area (Å²) in [5.74, 6) is -1.08. The van der Waals surface area contributed by atoms with Gasteiger partial charge in [-0.15, -0.1) is 0 Å². The molecule has 0 saturated carbocycles. The molecule has 0 saturated heterocycles. The molecule has 5 nitrogen and oxygen atoms in total. The molecule has 0 heterocycles. The normalized spacial score (nSPS) is 9.90. The molecule has 108 valence electrons. The van der Waals surface area contributed by atoms with Crippen molar-refractivity contribution < 1.29 is 19.4 Å². The molecule has 0 radical (unpaired) electrons. The Bertz CT molecular complexity index is 598. The van der Waals surface area contributed by atoms with E-state index in [1.54, 1.807) is 48.5 Å². The van der Waals surface area contributed by atoms with Crippen LogP contribution in [-0.2, 0) is 9.59 Å². The third-order valence-corrected chi connectivity index (χ3v) is 2.74. The van der Waals surface area contributed by atoms with Gasteiger partial charge in [0.25, 0.3) is 0 Å². The van der Waals surface area contributed by atoms with Gasteiger partial charge in [-0.3, -0.25) is 4.79 Å². The highest BCUT2D eigenvalue weighted by molar-refractivity contribution is 5.81. The fraction of sp³-hybridized carbons (Fsp3) is 0.125. The molecule has 0 aromatic heterocycles. The lowest BCUT2D eigenvalue weighted by atomic mass is 10.3. The molecule has 2 rings (SSSR count). The van der Waals surface area contributed by atoms with E-state index in [-0.39, 0.29) is 13.1 Å². The van der Waals surface area contributed by atoms with Crippen molar-refractivity contribution in [2.75, 3.05) is 18.0 Å². The van der Waals surface area contributed by atoms with E-state index in [1.807, 2.05) is 12.1 Å². The van der Waals surface area contributed by atoms with Crippen LogP contribution in [0.5, 0.6) is 5.75 Å². The number of carbonyl (C=O) groups is 2. The van der Waals surface area contributed by atoms with Crippen LogP contribution in [-0.4, -0.2) is 30.1 Å². The number of carboxylic acids is 1. The first-order valence-corrected chi connectivity index (χ1v) is 6.42. The molecular formula is C16H15NO4. The summed E-state index contributed by atoms with van der Waals surface area (Å²) in [6.07, 6.45) is 0. The molecule has 0 aliphatic rings. The topological polar surface area (TPSA) is 66.8 Å². The van der Waals surface area contributed by atoms with Crippen LogP contribution in [0, 0.1) is 0 Å². The van der Waals surface area contributed by atoms with Crippen LogP contribution in [0.15, 0.2) is 60.7 Å². The van der Waals surface area contributed by atoms with Gasteiger partial charge in [-0.1, -0.05) is 36.4 Å². The van der Waals surface area contributed by atoms with Crippen molar-refractivity contribution in [1.29, 1.82) is 0 Å². The molecule has 0 aliphatic carbocycles. The number of aliphatic carboxylic acids is 1. The highest BCUT2D eigenvalue weighted by Crippen LogP contribution is 2.14. The minimum Gasteiger partial charge on any atom is -0.480 e. The lowest BCUT2D eigenvalue weighted by Crippen LogP contribution is -2.36. The molecule has 0 bridgehead atoms. The van der Waals surface area contributed by atoms with E-state index in [0.29, 0.717) is 11.4 Å². The van der Waals surface area contributed by atoms with E-state index in [2.05, 4.69) is 0 Å². The fourth-order valence-corrected chi connectivity index (χ4v) is 1.85. The monoisotopic (exact) mass is 285 g/mol. The predicted molar refractivity (Wildman–Crippen MR) is 78.4 cm³/mol. The summed E-state index contributed by atoms with van der Waals surface area (Å²) in [7, 11) is 0. The van der Waals surface area contributed by atoms with Crippen LogP contribution < -0.4 is 9.64 Å². The second kappa shape index (κ2) is 7.09. The van der Waals surface area contributed by atoms with Crippen LogP contribution in [0.2, 0.25) is 0 Å². The van der Waals surface area contributed by atoms with Crippen LogP contribution in [0.1, 0.15) is 0 Å². The first kappa shape index (κ1) is 14.6. The zero-order valence-corrected chi connectivity index (χ0v) is 11.3. The number of benzene rings is 2. The zero-order chi connectivity index (χ0) is 15.1. The second-order valence-electron chi connectivity index (χ2n) is 4.37. The van der Waals surface area contributed by atoms with Crippen LogP contribution in [0.4, 0.5) is 5.69 Å². The number of hydrogen-bond donors (Lipinski definition) is 1. The lowest BCUT2D eigenvalue weighted by Gasteiger charge is -2.21. The van der Waals surface area contributed by atoms with Crippen molar-refractivity contribution in [2.24, 2.45) is 0 Å². The predicted octanol–water partition coefficient (Wildman–Crippen LogP) is 2.18. The van der Waals surface area contributed by atoms with Crippen LogP contribution >= 0.6 is 0 Å². The van der Waals surface area contributed by atoms with E-state index >= 15 is 0 Å². The molecule has 5 heteroatoms. The van der Waals surface area contributed by atoms with Gasteiger partial charge in [0.1, 0.15) is 18.8 Å². The van der Waals surface area contributed by atoms with Crippen molar-refractivity contribution in [3.05, 3.63) is 60.7 Å². The molecule has 2 aromatic rings. The quantitative estimate of drug-likeness (QED) is 0.651. The van der Waals surface area contributed by atoms with Crippen molar-refractivity contribution in [1.82, 2.24) is 0 Å². The molecule has 0 aliphatic heterocycles. The van der Waals surface area contributed by atoms with Gasteiger partial charge in [-0.2, -0.15) is 0 Å². The maximum Gasteiger partial charge on any atom is 0.330 e. The Morgan fingerprint density at radius 1 is 0.905 bits per heavy atom. The molecule has 0 amide bonds. The van der Waals surface area contributed by atoms with Gasteiger partial charge in [0.2, 0.25) is 0 Å². The summed E-state index contributed by atoms with van der Waals surface area (Å²) >= 11 is 0. The smallest absolute Gasteiger partial charge is 0.330 e. The second-order valence-corrected chi connectivity index (χ2v) is 4.37. The Balaban J connectivity index is 2.05. The van der Waals surface area contributed by atoms with Gasteiger partial charge in [-0.05, 0) is 24.3 Å². The average Bonchev–Trinajstić information content (AvgIpc) is 2.48. The first-order chi connectivity index (χ1) is 10.1. The molecule has 0 fully saturated rings. The maximum absolute atomic E-state index is 11.9. The molecule has 0 spiro atoms. The summed E-state index contributed by atoms with van der Waals surface area (Å²) in [6.45, 7) is -0.404. The standard InChI is InChI=1S/C16H15NO4/c18-15(19)11-17(13-7-3-1-4-8-13)12-16(20)21-14-9-5-2-6-10-14/h1-10H,11-12H2,(H,18,19). The number of nitrogens with zero attached hydrogens (tertiary/aromatic N) is 1. The van der Waals surface area contributed by atoms with E-state index in [4.69, 9.17) is 9.84 Å². The van der Waals surface area contributed by atoms with Gasteiger partial charge < -0.3 is 14.7 Å². The number of carboxylic acid groups (broad SMARTS) is 1. The van der Waals surface area contributed by atoms with Gasteiger partial charge in [0, 0.05) is 5.69 Å². The number of carbonyl (C=O) groups excluding carboxylic acids is 1. The number of rotatable bonds is 6. The molecular weight excluding hydrogens is 270 g/mol. The van der Waals surface area contributed by atoms with Crippen LogP contribution in [0.3, 0.4) is 0 Å². The number of esters is 1. The fourth-order valence-electron chi connectivity index (χ4n) is 1.85. The highest BCUT2D eigenvalue weighted by Gasteiger charge is 2.16. The molecule has 0 unspecified atom stereocenters. The summed E-state index contributed by atoms with van der Waals surface area (Å²) in [5.41, 5.74) is 0.657. The molecule has 21 heavy (non-hydrogen) atoms. The molecule has 1 N–H and O–H groups in total. The van der Waals surface area contributed by atoms with Crippen LogP contribution in [0.25, 0.3) is 0 Å². The third kappa shape index (κ3) is 4.65. The van der Waals surface area contributed by atoms with Crippen molar-refractivity contribution in [2.45, 2.75) is 0 Å². The molecule has 2 aromatic carbocycles. The lowest BCUT2D eigenvalue weighted by molar-refractivity contribution is -0.135. The Morgan fingerprint density at radius 2 is 1.48 bits per heavy atom. The van der Waals surface area contributed by atoms with E-state index in [9.17, 15) is 9.59 Å². The summed E-state index contributed by atoms with van der Waals surface area (Å²) in [4.78, 5) is 24.3. The van der Waals surface area contributed by atoms with Gasteiger partial charge >= 0.3 is 11.9 Å². The van der Waals surface area contributed by atoms with Crippen molar-refractivity contribution in [3.63, 3.8) is 0 Å². The first-order valence-electron chi connectivity index (χ1n) is 6.42. The van der Waals surface area contributed by atoms with Crippen molar-refractivity contribution in [3.8, 4) is 5.75 Å². The van der Waals surface area contributed by atoms with Gasteiger partial charge in [0.15, 0.2) is 0 Å². The number of para-hydroxylation sites is 2. The van der Waals surface area contributed by atoms with Gasteiger partial charge in [-0.25, -0.2) is 4.79 Å². The summed E-state index contributed by atoms with van der Waals surface area (Å²) < 4.78 is 5.17. The number of hydrogen-bond acceptors (Lipinski definition) is 4. The number of ether oxygens (including phenoxy) is 1. The van der Waals surface area contributed by atoms with E-state index in [0.717, 1.165) is 0 Å². The van der Waals surface area contributed by atoms with Gasteiger partial charge in [0.05, 0.1) is 0 Å². The van der Waals surface area contributed by atoms with Crippen molar-refractivity contribution >= 4 is 17.6 Å². The summed E-state index contributed by atoms with van der Waals surface area (Å²) in [5, 5.41) is 8.95. The SMILES string of the molecule is O=C(O)CN(CC(=O)Oc1ccccc1)c1ccccc1. The van der Waals surface area contributed by atoms with E-state index < -0.39 is 11.9 Å². The Hall–Kier alpha value is -2.82. The minimum absolute atomic E-state index is 0.134. The zero-order valence-electron chi connectivity index (χ0n) is 11.3. The Kier molecular flexibility index (Phi) is 4.93. The number of anilines is 1. The Labute approximate surface area is 122 Å².